The molecule has 0 bridgehead atoms. The lowest BCUT2D eigenvalue weighted by Crippen LogP contribution is -2.33. The number of benzene rings is 1. The van der Waals surface area contributed by atoms with Crippen LogP contribution in [0.2, 0.25) is 0 Å². The van der Waals surface area contributed by atoms with E-state index in [0.29, 0.717) is 19.5 Å². The Balaban J connectivity index is 2.49. The van der Waals surface area contributed by atoms with Gasteiger partial charge in [-0.3, -0.25) is 4.79 Å². The SMILES string of the molecule is CCN(CCCNC(=O)c1cccc(F)c1N)S(C)(=O)=O. The molecule has 1 aromatic rings. The van der Waals surface area contributed by atoms with Crippen LogP contribution >= 0.6 is 0 Å². The van der Waals surface area contributed by atoms with Crippen molar-refractivity contribution in [2.45, 2.75) is 13.3 Å². The van der Waals surface area contributed by atoms with Gasteiger partial charge in [0.15, 0.2) is 0 Å². The number of anilines is 1. The number of nitrogen functional groups attached to an aromatic ring is 1. The van der Waals surface area contributed by atoms with Crippen LogP contribution in [-0.2, 0) is 10.0 Å². The summed E-state index contributed by atoms with van der Waals surface area (Å²) in [6.07, 6.45) is 1.60. The molecule has 0 radical (unpaired) electrons. The van der Waals surface area contributed by atoms with E-state index in [1.807, 2.05) is 0 Å². The van der Waals surface area contributed by atoms with Crippen LogP contribution in [0.15, 0.2) is 18.2 Å². The lowest BCUT2D eigenvalue weighted by Gasteiger charge is -2.17. The zero-order valence-corrected chi connectivity index (χ0v) is 12.9. The molecule has 1 amide bonds. The Kier molecular flexibility index (Phi) is 6.10. The minimum atomic E-state index is -3.23. The van der Waals surface area contributed by atoms with Crippen molar-refractivity contribution in [3.63, 3.8) is 0 Å². The molecule has 0 aliphatic carbocycles. The lowest BCUT2D eigenvalue weighted by atomic mass is 10.1. The molecule has 0 fully saturated rings. The number of nitrogens with zero attached hydrogens (tertiary/aromatic N) is 1. The average molecular weight is 317 g/mol. The standard InChI is InChI=1S/C13H20FN3O3S/c1-3-17(21(2,19)20)9-5-8-16-13(18)10-6-4-7-11(14)12(10)15/h4,6-7H,3,5,8-9,15H2,1-2H3,(H,16,18). The van der Waals surface area contributed by atoms with Gasteiger partial charge in [-0.2, -0.15) is 0 Å². The normalized spacial score (nSPS) is 11.6. The Morgan fingerprint density at radius 3 is 2.67 bits per heavy atom. The molecule has 21 heavy (non-hydrogen) atoms. The van der Waals surface area contributed by atoms with Gasteiger partial charge in [0.25, 0.3) is 5.91 Å². The first-order valence-electron chi connectivity index (χ1n) is 6.54. The van der Waals surface area contributed by atoms with E-state index in [4.69, 9.17) is 5.73 Å². The van der Waals surface area contributed by atoms with Gasteiger partial charge >= 0.3 is 0 Å². The second-order valence-corrected chi connectivity index (χ2v) is 6.55. The van der Waals surface area contributed by atoms with Crippen LogP contribution in [0.3, 0.4) is 0 Å². The Hall–Kier alpha value is -1.67. The summed E-state index contributed by atoms with van der Waals surface area (Å²) in [7, 11) is -3.23. The fourth-order valence-corrected chi connectivity index (χ4v) is 2.78. The number of sulfonamides is 1. The van der Waals surface area contributed by atoms with E-state index in [2.05, 4.69) is 5.32 Å². The number of nitrogens with two attached hydrogens (primary N) is 1. The maximum Gasteiger partial charge on any atom is 0.253 e. The quantitative estimate of drug-likeness (QED) is 0.575. The number of amides is 1. The molecule has 0 unspecified atom stereocenters. The molecular weight excluding hydrogens is 297 g/mol. The van der Waals surface area contributed by atoms with Crippen LogP contribution in [0.5, 0.6) is 0 Å². The van der Waals surface area contributed by atoms with Crippen molar-refractivity contribution in [2.75, 3.05) is 31.6 Å². The molecule has 0 saturated heterocycles. The van der Waals surface area contributed by atoms with Crippen molar-refractivity contribution in [2.24, 2.45) is 0 Å². The number of nitrogens with one attached hydrogen (secondary N) is 1. The van der Waals surface area contributed by atoms with E-state index >= 15 is 0 Å². The van der Waals surface area contributed by atoms with Crippen molar-refractivity contribution in [1.29, 1.82) is 0 Å². The Bertz CT molecular complexity index is 605. The van der Waals surface area contributed by atoms with Crippen molar-refractivity contribution >= 4 is 21.6 Å². The van der Waals surface area contributed by atoms with Crippen LogP contribution < -0.4 is 11.1 Å². The van der Waals surface area contributed by atoms with Crippen LogP contribution in [0.4, 0.5) is 10.1 Å². The number of carbonyl (C=O) groups excluding carboxylic acids is 1. The zero-order valence-electron chi connectivity index (χ0n) is 12.1. The second kappa shape index (κ2) is 7.37. The highest BCUT2D eigenvalue weighted by Crippen LogP contribution is 2.15. The fourth-order valence-electron chi connectivity index (χ4n) is 1.85. The predicted octanol–water partition coefficient (Wildman–Crippen LogP) is 0.809. The largest absolute Gasteiger partial charge is 0.396 e. The minimum Gasteiger partial charge on any atom is -0.396 e. The molecule has 8 heteroatoms. The monoisotopic (exact) mass is 317 g/mol. The minimum absolute atomic E-state index is 0.0745. The van der Waals surface area contributed by atoms with Crippen molar-refractivity contribution < 1.29 is 17.6 Å². The van der Waals surface area contributed by atoms with Crippen LogP contribution in [0.25, 0.3) is 0 Å². The summed E-state index contributed by atoms with van der Waals surface area (Å²) in [6, 6.07) is 4.02. The summed E-state index contributed by atoms with van der Waals surface area (Å²) in [5.74, 6) is -1.12. The first kappa shape index (κ1) is 17.4. The second-order valence-electron chi connectivity index (χ2n) is 4.57. The molecule has 6 nitrogen and oxygen atoms in total. The Morgan fingerprint density at radius 1 is 1.43 bits per heavy atom. The number of hydrogen-bond acceptors (Lipinski definition) is 4. The van der Waals surface area contributed by atoms with Gasteiger partial charge in [0.2, 0.25) is 10.0 Å². The highest BCUT2D eigenvalue weighted by atomic mass is 32.2. The molecule has 0 spiro atoms. The van der Waals surface area contributed by atoms with Gasteiger partial charge in [-0.05, 0) is 18.6 Å². The maximum atomic E-state index is 13.2. The van der Waals surface area contributed by atoms with Gasteiger partial charge in [0.05, 0.1) is 17.5 Å². The number of hydrogen-bond donors (Lipinski definition) is 2. The topological polar surface area (TPSA) is 92.5 Å². The third-order valence-electron chi connectivity index (χ3n) is 2.99. The van der Waals surface area contributed by atoms with E-state index in [1.165, 1.54) is 22.5 Å². The van der Waals surface area contributed by atoms with Gasteiger partial charge in [-0.1, -0.05) is 13.0 Å². The molecule has 0 heterocycles. The summed E-state index contributed by atoms with van der Waals surface area (Å²) in [4.78, 5) is 11.8. The smallest absolute Gasteiger partial charge is 0.253 e. The summed E-state index contributed by atoms with van der Waals surface area (Å²) < 4.78 is 37.3. The first-order valence-corrected chi connectivity index (χ1v) is 8.39. The van der Waals surface area contributed by atoms with Gasteiger partial charge in [0, 0.05) is 19.6 Å². The zero-order chi connectivity index (χ0) is 16.0. The summed E-state index contributed by atoms with van der Waals surface area (Å²) in [5.41, 5.74) is 5.37. The van der Waals surface area contributed by atoms with Crippen LogP contribution in [0, 0.1) is 5.82 Å². The summed E-state index contributed by atoms with van der Waals surface area (Å²) >= 11 is 0. The van der Waals surface area contributed by atoms with E-state index in [0.717, 1.165) is 6.26 Å². The van der Waals surface area contributed by atoms with Gasteiger partial charge < -0.3 is 11.1 Å². The molecule has 118 valence electrons. The molecule has 0 atom stereocenters. The van der Waals surface area contributed by atoms with Gasteiger partial charge in [0.1, 0.15) is 5.82 Å². The van der Waals surface area contributed by atoms with Crippen LogP contribution in [-0.4, -0.2) is 44.5 Å². The van der Waals surface area contributed by atoms with Gasteiger partial charge in [-0.25, -0.2) is 17.1 Å². The Labute approximate surface area is 124 Å². The lowest BCUT2D eigenvalue weighted by molar-refractivity contribution is 0.0953. The first-order chi connectivity index (χ1) is 9.77. The molecule has 1 aromatic carbocycles. The molecule has 0 aromatic heterocycles. The molecule has 1 rings (SSSR count). The molecule has 0 aliphatic heterocycles. The molecular formula is C13H20FN3O3S. The van der Waals surface area contributed by atoms with Crippen molar-refractivity contribution in [1.82, 2.24) is 9.62 Å². The summed E-state index contributed by atoms with van der Waals surface area (Å²) in [6.45, 7) is 2.71. The number of halogens is 1. The average Bonchev–Trinajstić information content (AvgIpc) is 2.40. The summed E-state index contributed by atoms with van der Waals surface area (Å²) in [5, 5.41) is 2.59. The number of carbonyl (C=O) groups is 1. The molecule has 0 aliphatic rings. The van der Waals surface area contributed by atoms with E-state index in [-0.39, 0.29) is 17.8 Å². The van der Waals surface area contributed by atoms with Crippen LogP contribution in [0.1, 0.15) is 23.7 Å². The Morgan fingerprint density at radius 2 is 2.10 bits per heavy atom. The predicted molar refractivity (Wildman–Crippen MR) is 79.9 cm³/mol. The third kappa shape index (κ3) is 4.98. The number of rotatable bonds is 7. The molecule has 0 saturated carbocycles. The highest BCUT2D eigenvalue weighted by Gasteiger charge is 2.15. The third-order valence-corrected chi connectivity index (χ3v) is 4.37. The van der Waals surface area contributed by atoms with E-state index in [1.54, 1.807) is 6.92 Å². The van der Waals surface area contributed by atoms with Crippen molar-refractivity contribution in [3.05, 3.63) is 29.6 Å². The number of para-hydroxylation sites is 1. The van der Waals surface area contributed by atoms with E-state index in [9.17, 15) is 17.6 Å². The fraction of sp³-hybridized carbons (Fsp3) is 0.462. The van der Waals surface area contributed by atoms with Gasteiger partial charge in [-0.15, -0.1) is 0 Å². The van der Waals surface area contributed by atoms with Crippen molar-refractivity contribution in [3.8, 4) is 0 Å². The molecule has 3 N–H and O–H groups in total. The van der Waals surface area contributed by atoms with E-state index < -0.39 is 21.7 Å². The highest BCUT2D eigenvalue weighted by molar-refractivity contribution is 7.88. The maximum absolute atomic E-state index is 13.2.